The van der Waals surface area contributed by atoms with Gasteiger partial charge >= 0.3 is 0 Å². The molecule has 0 spiro atoms. The Morgan fingerprint density at radius 2 is 2.14 bits per heavy atom. The van der Waals surface area contributed by atoms with Gasteiger partial charge in [0.1, 0.15) is 0 Å². The second kappa shape index (κ2) is 9.46. The fraction of sp³-hybridized carbons (Fsp3) is 0.273. The summed E-state index contributed by atoms with van der Waals surface area (Å²) >= 11 is 1.52. The van der Waals surface area contributed by atoms with Gasteiger partial charge in [-0.15, -0.1) is 11.3 Å². The number of nitrogens with zero attached hydrogens (tertiary/aromatic N) is 1. The minimum Gasteiger partial charge on any atom is -0.490 e. The van der Waals surface area contributed by atoms with Crippen LogP contribution in [-0.2, 0) is 0 Å². The van der Waals surface area contributed by atoms with Crippen LogP contribution in [0.25, 0.3) is 10.2 Å². The van der Waals surface area contributed by atoms with Gasteiger partial charge in [0.2, 0.25) is 0 Å². The molecule has 1 amide bonds. The van der Waals surface area contributed by atoms with Gasteiger partial charge in [0.05, 0.1) is 27.5 Å². The van der Waals surface area contributed by atoms with Crippen molar-refractivity contribution in [3.8, 4) is 5.75 Å². The van der Waals surface area contributed by atoms with E-state index in [0.29, 0.717) is 12.2 Å². The Kier molecular flexibility index (Phi) is 6.76. The van der Waals surface area contributed by atoms with Crippen LogP contribution < -0.4 is 10.1 Å². The zero-order valence-electron chi connectivity index (χ0n) is 16.0. The van der Waals surface area contributed by atoms with E-state index in [9.17, 15) is 9.18 Å². The van der Waals surface area contributed by atoms with E-state index in [1.165, 1.54) is 17.4 Å². The molecule has 6 heteroatoms. The zero-order chi connectivity index (χ0) is 19.9. The Labute approximate surface area is 168 Å². The lowest BCUT2D eigenvalue weighted by atomic mass is 10.2. The third-order valence-electron chi connectivity index (χ3n) is 4.23. The van der Waals surface area contributed by atoms with Gasteiger partial charge in [-0.1, -0.05) is 18.2 Å². The quantitative estimate of drug-likeness (QED) is 0.367. The number of allylic oxidation sites excluding steroid dienone is 2. The van der Waals surface area contributed by atoms with Crippen LogP contribution >= 0.6 is 11.3 Å². The predicted octanol–water partition coefficient (Wildman–Crippen LogP) is 6.12. The second-order valence-electron chi connectivity index (χ2n) is 6.40. The molecule has 0 aliphatic rings. The van der Waals surface area contributed by atoms with E-state index in [1.807, 2.05) is 19.9 Å². The number of amides is 1. The average Bonchev–Trinajstić information content (AvgIpc) is 3.06. The van der Waals surface area contributed by atoms with E-state index < -0.39 is 5.82 Å². The molecule has 146 valence electrons. The first kappa shape index (κ1) is 20.0. The van der Waals surface area contributed by atoms with Crippen molar-refractivity contribution in [2.24, 2.45) is 0 Å². The first-order valence-corrected chi connectivity index (χ1v) is 10.1. The minimum atomic E-state index is -0.556. The van der Waals surface area contributed by atoms with Crippen molar-refractivity contribution in [3.63, 3.8) is 0 Å². The van der Waals surface area contributed by atoms with E-state index >= 15 is 0 Å². The van der Waals surface area contributed by atoms with E-state index in [2.05, 4.69) is 16.4 Å². The normalized spacial score (nSPS) is 11.2. The molecule has 0 aliphatic carbocycles. The monoisotopic (exact) mass is 398 g/mol. The maximum Gasteiger partial charge on any atom is 0.255 e. The Morgan fingerprint density at radius 1 is 1.29 bits per heavy atom. The summed E-state index contributed by atoms with van der Waals surface area (Å²) in [5.74, 6) is -0.772. The fourth-order valence-corrected chi connectivity index (χ4v) is 3.67. The van der Waals surface area contributed by atoms with Crippen molar-refractivity contribution >= 4 is 33.1 Å². The Bertz CT molecular complexity index is 997. The number of aryl methyl sites for hydroxylation is 1. The lowest BCUT2D eigenvalue weighted by Gasteiger charge is -2.11. The number of hydrogen-bond acceptors (Lipinski definition) is 4. The van der Waals surface area contributed by atoms with E-state index in [1.54, 1.807) is 30.3 Å². The summed E-state index contributed by atoms with van der Waals surface area (Å²) in [6.45, 7) is 4.35. The Balaban J connectivity index is 1.65. The van der Waals surface area contributed by atoms with Crippen molar-refractivity contribution in [3.05, 3.63) is 64.9 Å². The van der Waals surface area contributed by atoms with Crippen LogP contribution in [0.3, 0.4) is 0 Å². The molecular formula is C22H23FN2O2S. The lowest BCUT2D eigenvalue weighted by Crippen LogP contribution is -2.13. The number of rotatable bonds is 8. The highest BCUT2D eigenvalue weighted by Crippen LogP contribution is 2.26. The summed E-state index contributed by atoms with van der Waals surface area (Å²) in [4.78, 5) is 16.9. The van der Waals surface area contributed by atoms with Crippen LogP contribution in [0.2, 0.25) is 0 Å². The molecule has 4 nitrogen and oxygen atoms in total. The maximum absolute atomic E-state index is 14.7. The van der Waals surface area contributed by atoms with Gasteiger partial charge in [-0.05, 0) is 63.4 Å². The smallest absolute Gasteiger partial charge is 0.255 e. The molecule has 1 heterocycles. The van der Waals surface area contributed by atoms with Gasteiger partial charge in [-0.25, -0.2) is 9.37 Å². The third kappa shape index (κ3) is 4.95. The number of carbonyl (C=O) groups is 1. The number of benzene rings is 2. The number of hydrogen-bond donors (Lipinski definition) is 1. The van der Waals surface area contributed by atoms with Gasteiger partial charge < -0.3 is 10.1 Å². The van der Waals surface area contributed by atoms with Crippen molar-refractivity contribution in [2.75, 3.05) is 11.9 Å². The number of halogens is 1. The molecule has 0 bridgehead atoms. The van der Waals surface area contributed by atoms with Gasteiger partial charge in [-0.3, -0.25) is 4.79 Å². The van der Waals surface area contributed by atoms with Gasteiger partial charge in [0, 0.05) is 5.56 Å². The van der Waals surface area contributed by atoms with Gasteiger partial charge in [-0.2, -0.15) is 0 Å². The summed E-state index contributed by atoms with van der Waals surface area (Å²) in [5, 5.41) is 3.58. The Morgan fingerprint density at radius 3 is 2.96 bits per heavy atom. The first-order valence-electron chi connectivity index (χ1n) is 9.29. The maximum atomic E-state index is 14.7. The number of anilines is 1. The largest absolute Gasteiger partial charge is 0.490 e. The molecule has 3 aromatic rings. The molecular weight excluding hydrogens is 375 g/mol. The molecule has 1 N–H and O–H groups in total. The molecule has 0 unspecified atom stereocenters. The van der Waals surface area contributed by atoms with Gasteiger partial charge in [0.15, 0.2) is 11.6 Å². The second-order valence-corrected chi connectivity index (χ2v) is 7.64. The van der Waals surface area contributed by atoms with Crippen LogP contribution in [0.4, 0.5) is 10.1 Å². The number of ether oxygens (including phenoxy) is 1. The van der Waals surface area contributed by atoms with Crippen molar-refractivity contribution in [2.45, 2.75) is 33.1 Å². The lowest BCUT2D eigenvalue weighted by molar-refractivity contribution is 0.102. The zero-order valence-corrected chi connectivity index (χ0v) is 16.8. The van der Waals surface area contributed by atoms with Crippen LogP contribution in [0, 0.1) is 12.7 Å². The Hall–Kier alpha value is -2.73. The highest BCUT2D eigenvalue weighted by Gasteiger charge is 2.14. The number of carbonyl (C=O) groups excluding carboxylic acids is 1. The third-order valence-corrected chi connectivity index (χ3v) is 5.16. The highest BCUT2D eigenvalue weighted by atomic mass is 32.1. The fourth-order valence-electron chi connectivity index (χ4n) is 2.81. The first-order chi connectivity index (χ1) is 13.6. The number of nitrogens with one attached hydrogen (secondary N) is 1. The van der Waals surface area contributed by atoms with Crippen LogP contribution in [0.1, 0.15) is 41.6 Å². The molecule has 0 radical (unpaired) electrons. The minimum absolute atomic E-state index is 0.108. The number of unbranched alkanes of at least 4 members (excludes halogenated alkanes) is 2. The summed E-state index contributed by atoms with van der Waals surface area (Å²) in [6.07, 6.45) is 6.93. The molecule has 0 fully saturated rings. The molecule has 0 atom stereocenters. The molecule has 2 aromatic carbocycles. The molecule has 1 aromatic heterocycles. The van der Waals surface area contributed by atoms with Crippen LogP contribution in [0.5, 0.6) is 5.75 Å². The number of thiazole rings is 1. The topological polar surface area (TPSA) is 51.2 Å². The predicted molar refractivity (Wildman–Crippen MR) is 113 cm³/mol. The van der Waals surface area contributed by atoms with E-state index in [4.69, 9.17) is 4.74 Å². The molecule has 0 aliphatic heterocycles. The van der Waals surface area contributed by atoms with Crippen molar-refractivity contribution in [1.29, 1.82) is 0 Å². The van der Waals surface area contributed by atoms with Crippen molar-refractivity contribution < 1.29 is 13.9 Å². The SMILES string of the molecule is CC=CCCCCOc1cccc(NC(=O)c2ccc3nc(C)sc3c2)c1F. The van der Waals surface area contributed by atoms with Gasteiger partial charge in [0.25, 0.3) is 5.91 Å². The molecule has 0 saturated heterocycles. The van der Waals surface area contributed by atoms with E-state index in [-0.39, 0.29) is 17.3 Å². The molecule has 3 rings (SSSR count). The summed E-state index contributed by atoms with van der Waals surface area (Å²) < 4.78 is 21.2. The van der Waals surface area contributed by atoms with Crippen molar-refractivity contribution in [1.82, 2.24) is 4.98 Å². The summed E-state index contributed by atoms with van der Waals surface area (Å²) in [6, 6.07) is 10.0. The number of aromatic nitrogens is 1. The van der Waals surface area contributed by atoms with Crippen LogP contribution in [-0.4, -0.2) is 17.5 Å². The molecule has 28 heavy (non-hydrogen) atoms. The summed E-state index contributed by atoms with van der Waals surface area (Å²) in [5.41, 5.74) is 1.43. The number of fused-ring (bicyclic) bond motifs is 1. The highest BCUT2D eigenvalue weighted by molar-refractivity contribution is 7.18. The standard InChI is InChI=1S/C22H23FN2O2S/c1-3-4-5-6-7-13-27-19-10-8-9-18(21(19)23)25-22(26)16-11-12-17-20(14-16)28-15(2)24-17/h3-4,8-12,14H,5-7,13H2,1-2H3,(H,25,26). The summed E-state index contributed by atoms with van der Waals surface area (Å²) in [7, 11) is 0. The van der Waals surface area contributed by atoms with E-state index in [0.717, 1.165) is 34.5 Å². The molecule has 0 saturated carbocycles. The average molecular weight is 399 g/mol. The van der Waals surface area contributed by atoms with Crippen LogP contribution in [0.15, 0.2) is 48.6 Å².